The fourth-order valence-corrected chi connectivity index (χ4v) is 2.20. The lowest BCUT2D eigenvalue weighted by Gasteiger charge is -2.19. The minimum atomic E-state index is -0.661. The molecule has 0 aromatic heterocycles. The molecule has 20 heavy (non-hydrogen) atoms. The zero-order valence-electron chi connectivity index (χ0n) is 11.7. The van der Waals surface area contributed by atoms with E-state index in [4.69, 9.17) is 0 Å². The largest absolute Gasteiger partial charge is 0.468 e. The SMILES string of the molecule is COC(=O)C(CC(C)C)NCc1c(F)ccc(Br)c1F. The highest BCUT2D eigenvalue weighted by Crippen LogP contribution is 2.21. The normalized spacial score (nSPS) is 12.6. The maximum atomic E-state index is 13.8. The van der Waals surface area contributed by atoms with Crippen molar-refractivity contribution < 1.29 is 18.3 Å². The van der Waals surface area contributed by atoms with Crippen LogP contribution < -0.4 is 5.32 Å². The average molecular weight is 350 g/mol. The fraction of sp³-hybridized carbons (Fsp3) is 0.500. The third-order valence-electron chi connectivity index (χ3n) is 2.86. The first kappa shape index (κ1) is 17.0. The van der Waals surface area contributed by atoms with Gasteiger partial charge in [0.05, 0.1) is 11.6 Å². The number of methoxy groups -OCH3 is 1. The summed E-state index contributed by atoms with van der Waals surface area (Å²) < 4.78 is 32.3. The van der Waals surface area contributed by atoms with Gasteiger partial charge >= 0.3 is 5.97 Å². The number of carbonyl (C=O) groups is 1. The number of ether oxygens (including phenoxy) is 1. The molecule has 1 atom stereocenters. The Morgan fingerprint density at radius 2 is 2.05 bits per heavy atom. The molecule has 0 aliphatic heterocycles. The van der Waals surface area contributed by atoms with Crippen LogP contribution in [-0.2, 0) is 16.1 Å². The fourth-order valence-electron chi connectivity index (χ4n) is 1.83. The summed E-state index contributed by atoms with van der Waals surface area (Å²) in [6.45, 7) is 3.83. The molecule has 1 rings (SSSR count). The second kappa shape index (κ2) is 7.69. The smallest absolute Gasteiger partial charge is 0.322 e. The van der Waals surface area contributed by atoms with Gasteiger partial charge in [0.25, 0.3) is 0 Å². The van der Waals surface area contributed by atoms with E-state index in [9.17, 15) is 13.6 Å². The number of esters is 1. The zero-order chi connectivity index (χ0) is 15.3. The number of benzene rings is 1. The molecule has 6 heteroatoms. The van der Waals surface area contributed by atoms with E-state index in [1.54, 1.807) is 0 Å². The monoisotopic (exact) mass is 349 g/mol. The summed E-state index contributed by atoms with van der Waals surface area (Å²) in [6.07, 6.45) is 0.532. The Balaban J connectivity index is 2.82. The van der Waals surface area contributed by atoms with Gasteiger partial charge in [0.15, 0.2) is 0 Å². The first-order chi connectivity index (χ1) is 9.36. The lowest BCUT2D eigenvalue weighted by molar-refractivity contribution is -0.143. The number of carbonyl (C=O) groups excluding carboxylic acids is 1. The highest BCUT2D eigenvalue weighted by atomic mass is 79.9. The summed E-state index contributed by atoms with van der Waals surface area (Å²) in [7, 11) is 1.29. The Morgan fingerprint density at radius 3 is 2.60 bits per heavy atom. The van der Waals surface area contributed by atoms with Crippen LogP contribution in [0.1, 0.15) is 25.8 Å². The van der Waals surface area contributed by atoms with E-state index in [-0.39, 0.29) is 22.5 Å². The van der Waals surface area contributed by atoms with E-state index in [0.717, 1.165) is 0 Å². The molecule has 1 aromatic carbocycles. The molecule has 1 aromatic rings. The Bertz CT molecular complexity index is 480. The summed E-state index contributed by atoms with van der Waals surface area (Å²) in [5.74, 6) is -1.49. The maximum absolute atomic E-state index is 13.8. The molecule has 0 bridgehead atoms. The van der Waals surface area contributed by atoms with Gasteiger partial charge in [0.1, 0.15) is 17.7 Å². The van der Waals surface area contributed by atoms with Gasteiger partial charge in [-0.2, -0.15) is 0 Å². The van der Waals surface area contributed by atoms with Crippen molar-refractivity contribution >= 4 is 21.9 Å². The van der Waals surface area contributed by atoms with Crippen molar-refractivity contribution in [2.24, 2.45) is 5.92 Å². The van der Waals surface area contributed by atoms with E-state index in [1.165, 1.54) is 19.2 Å². The van der Waals surface area contributed by atoms with Crippen LogP contribution in [0.3, 0.4) is 0 Å². The van der Waals surface area contributed by atoms with Gasteiger partial charge in [-0.05, 0) is 40.4 Å². The summed E-state index contributed by atoms with van der Waals surface area (Å²) in [5.41, 5.74) is -0.1000. The Hall–Kier alpha value is -1.01. The highest BCUT2D eigenvalue weighted by molar-refractivity contribution is 9.10. The number of rotatable bonds is 6. The van der Waals surface area contributed by atoms with Crippen LogP contribution in [0.2, 0.25) is 0 Å². The van der Waals surface area contributed by atoms with Crippen LogP contribution in [0.4, 0.5) is 8.78 Å². The van der Waals surface area contributed by atoms with Gasteiger partial charge in [-0.3, -0.25) is 4.79 Å². The number of nitrogens with one attached hydrogen (secondary N) is 1. The Labute approximate surface area is 125 Å². The second-order valence-electron chi connectivity index (χ2n) is 4.91. The zero-order valence-corrected chi connectivity index (χ0v) is 13.3. The van der Waals surface area contributed by atoms with Crippen LogP contribution in [0, 0.1) is 17.6 Å². The van der Waals surface area contributed by atoms with Gasteiger partial charge in [-0.1, -0.05) is 13.8 Å². The topological polar surface area (TPSA) is 38.3 Å². The Morgan fingerprint density at radius 1 is 1.40 bits per heavy atom. The van der Waals surface area contributed by atoms with Crippen molar-refractivity contribution in [2.75, 3.05) is 7.11 Å². The van der Waals surface area contributed by atoms with E-state index in [0.29, 0.717) is 6.42 Å². The molecule has 1 unspecified atom stereocenters. The van der Waals surface area contributed by atoms with Crippen molar-refractivity contribution in [1.29, 1.82) is 0 Å². The van der Waals surface area contributed by atoms with Crippen LogP contribution in [0.15, 0.2) is 16.6 Å². The lowest BCUT2D eigenvalue weighted by Crippen LogP contribution is -2.38. The molecular weight excluding hydrogens is 332 g/mol. The average Bonchev–Trinajstić information content (AvgIpc) is 2.40. The third kappa shape index (κ3) is 4.52. The van der Waals surface area contributed by atoms with Crippen LogP contribution in [-0.4, -0.2) is 19.1 Å². The van der Waals surface area contributed by atoms with Crippen molar-refractivity contribution in [3.05, 3.63) is 33.8 Å². The number of hydrogen-bond donors (Lipinski definition) is 1. The van der Waals surface area contributed by atoms with Crippen LogP contribution >= 0.6 is 15.9 Å². The minimum Gasteiger partial charge on any atom is -0.468 e. The molecule has 0 aliphatic carbocycles. The maximum Gasteiger partial charge on any atom is 0.322 e. The van der Waals surface area contributed by atoms with Crippen molar-refractivity contribution in [1.82, 2.24) is 5.32 Å². The number of hydrogen-bond acceptors (Lipinski definition) is 3. The van der Waals surface area contributed by atoms with E-state index in [2.05, 4.69) is 26.0 Å². The summed E-state index contributed by atoms with van der Waals surface area (Å²) in [6, 6.07) is 1.90. The summed E-state index contributed by atoms with van der Waals surface area (Å²) in [4.78, 5) is 11.6. The van der Waals surface area contributed by atoms with Gasteiger partial charge in [0, 0.05) is 12.1 Å². The quantitative estimate of drug-likeness (QED) is 0.631. The molecule has 112 valence electrons. The van der Waals surface area contributed by atoms with Crippen LogP contribution in [0.5, 0.6) is 0 Å². The standard InChI is InChI=1S/C14H18BrF2NO2/c1-8(2)6-12(14(19)20-3)18-7-9-11(16)5-4-10(15)13(9)17/h4-5,8,12,18H,6-7H2,1-3H3. The molecule has 0 radical (unpaired) electrons. The molecule has 0 amide bonds. The Kier molecular flexibility index (Phi) is 6.55. The summed E-state index contributed by atoms with van der Waals surface area (Å²) >= 11 is 3.01. The molecule has 0 saturated carbocycles. The molecule has 0 spiro atoms. The molecule has 0 aliphatic rings. The molecule has 0 fully saturated rings. The van der Waals surface area contributed by atoms with Gasteiger partial charge in [0.2, 0.25) is 0 Å². The number of halogens is 3. The van der Waals surface area contributed by atoms with E-state index < -0.39 is 23.6 Å². The van der Waals surface area contributed by atoms with E-state index >= 15 is 0 Å². The van der Waals surface area contributed by atoms with Crippen LogP contribution in [0.25, 0.3) is 0 Å². The summed E-state index contributed by atoms with van der Waals surface area (Å²) in [5, 5.41) is 2.85. The van der Waals surface area contributed by atoms with Crippen molar-refractivity contribution in [3.63, 3.8) is 0 Å². The van der Waals surface area contributed by atoms with Gasteiger partial charge in [-0.15, -0.1) is 0 Å². The first-order valence-electron chi connectivity index (χ1n) is 6.30. The van der Waals surface area contributed by atoms with E-state index in [1.807, 2.05) is 13.8 Å². The third-order valence-corrected chi connectivity index (χ3v) is 3.47. The predicted molar refractivity (Wildman–Crippen MR) is 76.2 cm³/mol. The molecule has 0 saturated heterocycles. The predicted octanol–water partition coefficient (Wildman–Crippen LogP) is 3.40. The molecule has 1 N–H and O–H groups in total. The first-order valence-corrected chi connectivity index (χ1v) is 7.09. The van der Waals surface area contributed by atoms with Gasteiger partial charge < -0.3 is 10.1 Å². The molecular formula is C14H18BrF2NO2. The minimum absolute atomic E-state index is 0.0798. The van der Waals surface area contributed by atoms with Gasteiger partial charge in [-0.25, -0.2) is 8.78 Å². The van der Waals surface area contributed by atoms with Crippen molar-refractivity contribution in [3.8, 4) is 0 Å². The molecule has 3 nitrogen and oxygen atoms in total. The lowest BCUT2D eigenvalue weighted by atomic mass is 10.0. The highest BCUT2D eigenvalue weighted by Gasteiger charge is 2.21. The second-order valence-corrected chi connectivity index (χ2v) is 5.76. The molecule has 0 heterocycles. The van der Waals surface area contributed by atoms with Crippen molar-refractivity contribution in [2.45, 2.75) is 32.9 Å².